The Balaban J connectivity index is 1.32. The molecule has 0 aliphatic carbocycles. The van der Waals surface area contributed by atoms with Crippen LogP contribution in [0.25, 0.3) is 11.0 Å². The third-order valence-electron chi connectivity index (χ3n) is 5.97. The number of benzene rings is 2. The molecule has 1 aromatic heterocycles. The molecule has 2 aromatic carbocycles. The van der Waals surface area contributed by atoms with Crippen LogP contribution in [-0.2, 0) is 11.2 Å². The molecule has 0 N–H and O–H groups in total. The number of carbonyl (C=O) groups is 2. The summed E-state index contributed by atoms with van der Waals surface area (Å²) in [6.07, 6.45) is 2.31. The molecule has 1 aliphatic heterocycles. The summed E-state index contributed by atoms with van der Waals surface area (Å²) < 4.78 is 5.94. The molecular weight excluding hydrogens is 376 g/mol. The third kappa shape index (κ3) is 4.11. The molecule has 2 amide bonds. The SMILES string of the molecule is Cc1c(C(=O)N2CCN(C(=O)CCCc3ccccc3)CC2)oc2c(C)cccc12. The van der Waals surface area contributed by atoms with Gasteiger partial charge in [0.25, 0.3) is 5.91 Å². The Morgan fingerprint density at radius 1 is 0.900 bits per heavy atom. The van der Waals surface area contributed by atoms with Crippen molar-refractivity contribution in [2.24, 2.45) is 0 Å². The molecule has 156 valence electrons. The van der Waals surface area contributed by atoms with E-state index in [1.807, 2.05) is 55.1 Å². The second kappa shape index (κ2) is 8.74. The largest absolute Gasteiger partial charge is 0.450 e. The Morgan fingerprint density at radius 3 is 2.30 bits per heavy atom. The normalized spacial score (nSPS) is 14.3. The third-order valence-corrected chi connectivity index (χ3v) is 5.97. The van der Waals surface area contributed by atoms with Crippen molar-refractivity contribution in [1.82, 2.24) is 9.80 Å². The van der Waals surface area contributed by atoms with Crippen LogP contribution in [0, 0.1) is 13.8 Å². The van der Waals surface area contributed by atoms with E-state index in [2.05, 4.69) is 12.1 Å². The van der Waals surface area contributed by atoms with Crippen LogP contribution in [0.3, 0.4) is 0 Å². The number of aryl methyl sites for hydroxylation is 3. The fraction of sp³-hybridized carbons (Fsp3) is 0.360. The Labute approximate surface area is 177 Å². The van der Waals surface area contributed by atoms with Crippen LogP contribution in [0.15, 0.2) is 52.9 Å². The van der Waals surface area contributed by atoms with Gasteiger partial charge in [-0.15, -0.1) is 0 Å². The lowest BCUT2D eigenvalue weighted by molar-refractivity contribution is -0.132. The van der Waals surface area contributed by atoms with E-state index < -0.39 is 0 Å². The number of rotatable bonds is 5. The van der Waals surface area contributed by atoms with Gasteiger partial charge in [-0.05, 0) is 37.8 Å². The van der Waals surface area contributed by atoms with Gasteiger partial charge in [0.05, 0.1) is 0 Å². The van der Waals surface area contributed by atoms with E-state index in [0.29, 0.717) is 38.4 Å². The molecule has 5 heteroatoms. The smallest absolute Gasteiger partial charge is 0.290 e. The predicted octanol–water partition coefficient (Wildman–Crippen LogP) is 4.36. The van der Waals surface area contributed by atoms with Crippen molar-refractivity contribution in [3.8, 4) is 0 Å². The van der Waals surface area contributed by atoms with Crippen LogP contribution in [0.2, 0.25) is 0 Å². The summed E-state index contributed by atoms with van der Waals surface area (Å²) in [6, 6.07) is 16.2. The van der Waals surface area contributed by atoms with Gasteiger partial charge >= 0.3 is 0 Å². The first-order valence-electron chi connectivity index (χ1n) is 10.6. The first-order chi connectivity index (χ1) is 14.5. The van der Waals surface area contributed by atoms with Crippen LogP contribution in [0.5, 0.6) is 0 Å². The first-order valence-corrected chi connectivity index (χ1v) is 10.6. The van der Waals surface area contributed by atoms with E-state index in [0.717, 1.165) is 34.9 Å². The quantitative estimate of drug-likeness (QED) is 0.635. The Hall–Kier alpha value is -3.08. The minimum atomic E-state index is -0.0840. The van der Waals surface area contributed by atoms with Crippen molar-refractivity contribution in [3.05, 3.63) is 71.0 Å². The Morgan fingerprint density at radius 2 is 1.60 bits per heavy atom. The summed E-state index contributed by atoms with van der Waals surface area (Å²) in [6.45, 7) is 6.16. The number of hydrogen-bond acceptors (Lipinski definition) is 3. The fourth-order valence-corrected chi connectivity index (χ4v) is 4.14. The molecule has 0 spiro atoms. The summed E-state index contributed by atoms with van der Waals surface area (Å²) in [5, 5.41) is 0.991. The van der Waals surface area contributed by atoms with Crippen LogP contribution in [-0.4, -0.2) is 47.8 Å². The topological polar surface area (TPSA) is 53.8 Å². The van der Waals surface area contributed by atoms with E-state index >= 15 is 0 Å². The average molecular weight is 405 g/mol. The Kier molecular flexibility index (Phi) is 5.88. The molecule has 30 heavy (non-hydrogen) atoms. The zero-order valence-corrected chi connectivity index (χ0v) is 17.7. The van der Waals surface area contributed by atoms with Crippen molar-refractivity contribution in [2.45, 2.75) is 33.1 Å². The number of hydrogen-bond donors (Lipinski definition) is 0. The molecule has 0 bridgehead atoms. The second-order valence-corrected chi connectivity index (χ2v) is 8.02. The van der Waals surface area contributed by atoms with Crippen molar-refractivity contribution in [3.63, 3.8) is 0 Å². The van der Waals surface area contributed by atoms with Gasteiger partial charge in [-0.1, -0.05) is 48.5 Å². The highest BCUT2D eigenvalue weighted by atomic mass is 16.3. The van der Waals surface area contributed by atoms with Crippen LogP contribution in [0.4, 0.5) is 0 Å². The van der Waals surface area contributed by atoms with Gasteiger partial charge in [0, 0.05) is 43.5 Å². The molecule has 0 unspecified atom stereocenters. The van der Waals surface area contributed by atoms with Gasteiger partial charge < -0.3 is 14.2 Å². The molecular formula is C25H28N2O3. The molecule has 4 rings (SSSR count). The van der Waals surface area contributed by atoms with Gasteiger partial charge in [0.2, 0.25) is 5.91 Å². The maximum absolute atomic E-state index is 13.0. The van der Waals surface area contributed by atoms with Crippen molar-refractivity contribution >= 4 is 22.8 Å². The highest BCUT2D eigenvalue weighted by Crippen LogP contribution is 2.28. The fourth-order valence-electron chi connectivity index (χ4n) is 4.14. The van der Waals surface area contributed by atoms with Gasteiger partial charge in [-0.3, -0.25) is 9.59 Å². The highest BCUT2D eigenvalue weighted by Gasteiger charge is 2.28. The van der Waals surface area contributed by atoms with Crippen molar-refractivity contribution in [1.29, 1.82) is 0 Å². The van der Waals surface area contributed by atoms with Crippen molar-refractivity contribution < 1.29 is 14.0 Å². The standard InChI is InChI=1S/C25H28N2O3/c1-18-8-6-12-21-19(2)24(30-23(18)21)25(29)27-16-14-26(15-17-27)22(28)13-7-11-20-9-4-3-5-10-20/h3-6,8-10,12H,7,11,13-17H2,1-2H3. The molecule has 1 saturated heterocycles. The summed E-state index contributed by atoms with van der Waals surface area (Å²) in [7, 11) is 0. The van der Waals surface area contributed by atoms with Gasteiger partial charge in [0.15, 0.2) is 5.76 Å². The number of nitrogens with zero attached hydrogens (tertiary/aromatic N) is 2. The monoisotopic (exact) mass is 404 g/mol. The lowest BCUT2D eigenvalue weighted by Gasteiger charge is -2.34. The van der Waals surface area contributed by atoms with Gasteiger partial charge in [-0.25, -0.2) is 0 Å². The summed E-state index contributed by atoms with van der Waals surface area (Å²) in [4.78, 5) is 29.3. The van der Waals surface area contributed by atoms with Crippen LogP contribution in [0.1, 0.15) is 40.1 Å². The van der Waals surface area contributed by atoms with Crippen LogP contribution >= 0.6 is 0 Å². The van der Waals surface area contributed by atoms with E-state index in [4.69, 9.17) is 4.42 Å². The number of furan rings is 1. The summed E-state index contributed by atoms with van der Waals surface area (Å²) in [5.41, 5.74) is 3.96. The predicted molar refractivity (Wildman–Crippen MR) is 118 cm³/mol. The van der Waals surface area contributed by atoms with Gasteiger partial charge in [0.1, 0.15) is 5.58 Å². The molecule has 0 radical (unpaired) electrons. The van der Waals surface area contributed by atoms with Crippen molar-refractivity contribution in [2.75, 3.05) is 26.2 Å². The first kappa shape index (κ1) is 20.2. The average Bonchev–Trinajstić information content (AvgIpc) is 3.12. The lowest BCUT2D eigenvalue weighted by atomic mass is 10.1. The number of fused-ring (bicyclic) bond motifs is 1. The highest BCUT2D eigenvalue weighted by molar-refractivity contribution is 5.99. The number of amides is 2. The second-order valence-electron chi connectivity index (χ2n) is 8.02. The van der Waals surface area contributed by atoms with Crippen LogP contribution < -0.4 is 0 Å². The molecule has 5 nitrogen and oxygen atoms in total. The van der Waals surface area contributed by atoms with E-state index in [1.165, 1.54) is 5.56 Å². The summed E-state index contributed by atoms with van der Waals surface area (Å²) in [5.74, 6) is 0.509. The minimum absolute atomic E-state index is 0.0840. The number of carbonyl (C=O) groups excluding carboxylic acids is 2. The van der Waals surface area contributed by atoms with E-state index in [1.54, 1.807) is 4.90 Å². The van der Waals surface area contributed by atoms with E-state index in [-0.39, 0.29) is 11.8 Å². The number of para-hydroxylation sites is 1. The maximum Gasteiger partial charge on any atom is 0.290 e. The molecule has 1 fully saturated rings. The maximum atomic E-state index is 13.0. The lowest BCUT2D eigenvalue weighted by Crippen LogP contribution is -2.50. The van der Waals surface area contributed by atoms with E-state index in [9.17, 15) is 9.59 Å². The minimum Gasteiger partial charge on any atom is -0.450 e. The molecule has 0 saturated carbocycles. The zero-order chi connectivity index (χ0) is 21.1. The Bertz CT molecular complexity index is 1050. The number of piperazine rings is 1. The molecule has 3 aromatic rings. The molecule has 0 atom stereocenters. The molecule has 2 heterocycles. The zero-order valence-electron chi connectivity index (χ0n) is 17.7. The van der Waals surface area contributed by atoms with Gasteiger partial charge in [-0.2, -0.15) is 0 Å². The summed E-state index contributed by atoms with van der Waals surface area (Å²) >= 11 is 0. The molecule has 1 aliphatic rings.